The number of nitrogens with two attached hydrogens (primary N) is 1. The van der Waals surface area contributed by atoms with Crippen LogP contribution in [0.5, 0.6) is 5.75 Å². The van der Waals surface area contributed by atoms with Crippen molar-refractivity contribution in [1.82, 2.24) is 14.1 Å². The van der Waals surface area contributed by atoms with Crippen LogP contribution in [-0.4, -0.2) is 35.0 Å². The summed E-state index contributed by atoms with van der Waals surface area (Å²) in [4.78, 5) is 13.9. The zero-order valence-electron chi connectivity index (χ0n) is 16.4. The van der Waals surface area contributed by atoms with Crippen molar-refractivity contribution in [3.63, 3.8) is 0 Å². The summed E-state index contributed by atoms with van der Waals surface area (Å²) in [6.45, 7) is -2.89. The first kappa shape index (κ1) is 21.8. The van der Waals surface area contributed by atoms with Crippen LogP contribution in [0.4, 0.5) is 13.2 Å². The number of rotatable bonds is 6. The largest absolute Gasteiger partial charge is 0.435 e. The highest BCUT2D eigenvalue weighted by atomic mass is 32.2. The number of halogens is 3. The fraction of sp³-hybridized carbons (Fsp3) is 0.200. The standard InChI is InChI=1S/C20H17F3N4O4S/c21-14-3-1-2-12(8-14)18(24)19(28)26-9-13-10-27(25-17(13)11-26)32(29,30)16-6-4-15(5-7-16)31-20(22)23/h1-8,10,18,20H,9,11,24H2/t18-/m1/s1. The van der Waals surface area contributed by atoms with Crippen molar-refractivity contribution in [3.8, 4) is 5.75 Å². The van der Waals surface area contributed by atoms with Gasteiger partial charge in [0.15, 0.2) is 0 Å². The number of nitrogens with zero attached hydrogens (tertiary/aromatic N) is 3. The van der Waals surface area contributed by atoms with Gasteiger partial charge in [0.2, 0.25) is 5.91 Å². The lowest BCUT2D eigenvalue weighted by Gasteiger charge is -2.20. The van der Waals surface area contributed by atoms with E-state index in [2.05, 4.69) is 9.84 Å². The maximum absolute atomic E-state index is 13.4. The second kappa shape index (κ2) is 8.28. The van der Waals surface area contributed by atoms with E-state index in [4.69, 9.17) is 5.73 Å². The van der Waals surface area contributed by atoms with Crippen LogP contribution in [0.2, 0.25) is 0 Å². The van der Waals surface area contributed by atoms with E-state index < -0.39 is 34.4 Å². The van der Waals surface area contributed by atoms with Crippen LogP contribution in [0.1, 0.15) is 22.9 Å². The molecule has 0 saturated carbocycles. The number of ether oxygens (including phenoxy) is 1. The average Bonchev–Trinajstić information content (AvgIpc) is 3.32. The Balaban J connectivity index is 1.49. The number of aromatic nitrogens is 2. The Kier molecular flexibility index (Phi) is 5.65. The second-order valence-electron chi connectivity index (χ2n) is 7.06. The van der Waals surface area contributed by atoms with Gasteiger partial charge in [-0.3, -0.25) is 4.79 Å². The molecule has 0 unspecified atom stereocenters. The highest BCUT2D eigenvalue weighted by molar-refractivity contribution is 7.89. The van der Waals surface area contributed by atoms with Crippen LogP contribution in [0.15, 0.2) is 59.6 Å². The minimum Gasteiger partial charge on any atom is -0.435 e. The molecule has 8 nitrogen and oxygen atoms in total. The molecule has 32 heavy (non-hydrogen) atoms. The van der Waals surface area contributed by atoms with E-state index in [9.17, 15) is 26.4 Å². The number of hydrogen-bond donors (Lipinski definition) is 1. The van der Waals surface area contributed by atoms with E-state index in [1.807, 2.05) is 0 Å². The van der Waals surface area contributed by atoms with Crippen molar-refractivity contribution in [2.24, 2.45) is 5.73 Å². The maximum atomic E-state index is 13.4. The van der Waals surface area contributed by atoms with E-state index >= 15 is 0 Å². The van der Waals surface area contributed by atoms with Gasteiger partial charge < -0.3 is 15.4 Å². The molecule has 1 amide bonds. The number of fused-ring (bicyclic) bond motifs is 1. The maximum Gasteiger partial charge on any atom is 0.387 e. The monoisotopic (exact) mass is 466 g/mol. The Morgan fingerprint density at radius 1 is 1.12 bits per heavy atom. The predicted molar refractivity (Wildman–Crippen MR) is 105 cm³/mol. The SMILES string of the molecule is N[C@@H](C(=O)N1Cc2cn(S(=O)(=O)c3ccc(OC(F)F)cc3)nc2C1)c1cccc(F)c1. The molecular formula is C20H17F3N4O4S. The molecule has 4 rings (SSSR count). The minimum atomic E-state index is -4.07. The molecule has 0 radical (unpaired) electrons. The number of amides is 1. The van der Waals surface area contributed by atoms with Gasteiger partial charge in [-0.1, -0.05) is 12.1 Å². The summed E-state index contributed by atoms with van der Waals surface area (Å²) in [5.41, 5.74) is 7.20. The zero-order valence-corrected chi connectivity index (χ0v) is 17.2. The fourth-order valence-electron chi connectivity index (χ4n) is 3.35. The normalized spacial score (nSPS) is 14.5. The lowest BCUT2D eigenvalue weighted by atomic mass is 10.1. The summed E-state index contributed by atoms with van der Waals surface area (Å²) < 4.78 is 68.5. The summed E-state index contributed by atoms with van der Waals surface area (Å²) in [5, 5.41) is 4.07. The first-order valence-electron chi connectivity index (χ1n) is 9.33. The van der Waals surface area contributed by atoms with Gasteiger partial charge in [-0.25, -0.2) is 4.39 Å². The molecule has 2 heterocycles. The molecular weight excluding hydrogens is 449 g/mol. The fourth-order valence-corrected chi connectivity index (χ4v) is 4.51. The van der Waals surface area contributed by atoms with Crippen molar-refractivity contribution < 1.29 is 31.1 Å². The smallest absolute Gasteiger partial charge is 0.387 e. The number of hydrogen-bond acceptors (Lipinski definition) is 6. The quantitative estimate of drug-likeness (QED) is 0.598. The zero-order chi connectivity index (χ0) is 23.0. The van der Waals surface area contributed by atoms with Gasteiger partial charge in [0.25, 0.3) is 10.0 Å². The van der Waals surface area contributed by atoms with E-state index in [1.54, 1.807) is 6.07 Å². The van der Waals surface area contributed by atoms with Gasteiger partial charge in [0.05, 0.1) is 17.1 Å². The molecule has 0 saturated heterocycles. The van der Waals surface area contributed by atoms with Crippen molar-refractivity contribution in [2.45, 2.75) is 30.6 Å². The third kappa shape index (κ3) is 4.18. The van der Waals surface area contributed by atoms with Crippen LogP contribution in [-0.2, 0) is 27.9 Å². The highest BCUT2D eigenvalue weighted by Gasteiger charge is 2.32. The Bertz CT molecular complexity index is 1240. The first-order chi connectivity index (χ1) is 15.1. The molecule has 3 aromatic rings. The van der Waals surface area contributed by atoms with E-state index in [1.165, 1.54) is 29.3 Å². The van der Waals surface area contributed by atoms with Gasteiger partial charge in [0.1, 0.15) is 17.6 Å². The van der Waals surface area contributed by atoms with Gasteiger partial charge in [-0.2, -0.15) is 26.4 Å². The molecule has 1 aliphatic rings. The van der Waals surface area contributed by atoms with E-state index in [-0.39, 0.29) is 23.7 Å². The van der Waals surface area contributed by atoms with Crippen LogP contribution < -0.4 is 10.5 Å². The Morgan fingerprint density at radius 3 is 2.47 bits per heavy atom. The Morgan fingerprint density at radius 2 is 1.84 bits per heavy atom. The summed E-state index contributed by atoms with van der Waals surface area (Å²) in [7, 11) is -4.07. The van der Waals surface area contributed by atoms with Crippen LogP contribution in [0, 0.1) is 5.82 Å². The number of alkyl halides is 2. The molecule has 0 aliphatic carbocycles. The van der Waals surface area contributed by atoms with Crippen LogP contribution >= 0.6 is 0 Å². The lowest BCUT2D eigenvalue weighted by molar-refractivity contribution is -0.133. The lowest BCUT2D eigenvalue weighted by Crippen LogP contribution is -2.35. The molecule has 0 fully saturated rings. The van der Waals surface area contributed by atoms with Crippen molar-refractivity contribution in [3.05, 3.63) is 77.4 Å². The molecule has 2 aromatic carbocycles. The van der Waals surface area contributed by atoms with Gasteiger partial charge in [0, 0.05) is 18.3 Å². The molecule has 12 heteroatoms. The molecule has 1 atom stereocenters. The van der Waals surface area contributed by atoms with Gasteiger partial charge >= 0.3 is 6.61 Å². The topological polar surface area (TPSA) is 108 Å². The van der Waals surface area contributed by atoms with Crippen LogP contribution in [0.25, 0.3) is 0 Å². The highest BCUT2D eigenvalue weighted by Crippen LogP contribution is 2.27. The third-order valence-electron chi connectivity index (χ3n) is 4.94. The van der Waals surface area contributed by atoms with Crippen molar-refractivity contribution >= 4 is 15.9 Å². The van der Waals surface area contributed by atoms with Gasteiger partial charge in [-0.05, 0) is 42.0 Å². The summed E-state index contributed by atoms with van der Waals surface area (Å²) in [6.07, 6.45) is 1.29. The molecule has 168 valence electrons. The minimum absolute atomic E-state index is 0.0425. The third-order valence-corrected chi connectivity index (χ3v) is 6.48. The van der Waals surface area contributed by atoms with E-state index in [0.717, 1.165) is 28.4 Å². The summed E-state index contributed by atoms with van der Waals surface area (Å²) in [5.74, 6) is -1.13. The summed E-state index contributed by atoms with van der Waals surface area (Å²) in [6, 6.07) is 8.86. The van der Waals surface area contributed by atoms with E-state index in [0.29, 0.717) is 16.8 Å². The summed E-state index contributed by atoms with van der Waals surface area (Å²) >= 11 is 0. The number of carbonyl (C=O) groups is 1. The molecule has 2 N–H and O–H groups in total. The molecule has 0 bridgehead atoms. The number of carbonyl (C=O) groups excluding carboxylic acids is 1. The van der Waals surface area contributed by atoms with Crippen molar-refractivity contribution in [2.75, 3.05) is 0 Å². The Labute approximate surface area is 181 Å². The molecule has 1 aliphatic heterocycles. The average molecular weight is 466 g/mol. The second-order valence-corrected chi connectivity index (χ2v) is 8.85. The predicted octanol–water partition coefficient (Wildman–Crippen LogP) is 2.40. The Hall–Kier alpha value is -3.38. The molecule has 0 spiro atoms. The van der Waals surface area contributed by atoms with Gasteiger partial charge in [-0.15, -0.1) is 0 Å². The molecule has 1 aromatic heterocycles. The number of benzene rings is 2. The first-order valence-corrected chi connectivity index (χ1v) is 10.8. The van der Waals surface area contributed by atoms with Crippen molar-refractivity contribution in [1.29, 1.82) is 0 Å². The van der Waals surface area contributed by atoms with Crippen LogP contribution in [0.3, 0.4) is 0 Å².